The number of anilines is 2. The monoisotopic (exact) mass is 845 g/mol. The van der Waals surface area contributed by atoms with Gasteiger partial charge in [0.1, 0.15) is 11.5 Å². The number of carboxylic acids is 2. The van der Waals surface area contributed by atoms with Crippen molar-refractivity contribution < 1.29 is 76.8 Å². The Labute approximate surface area is 318 Å². The number of halogens is 3. The Hall–Kier alpha value is -3.34. The molecule has 0 bridgehead atoms. The van der Waals surface area contributed by atoms with E-state index in [1.807, 2.05) is 22.6 Å². The van der Waals surface area contributed by atoms with Gasteiger partial charge in [0.05, 0.1) is 35.4 Å². The summed E-state index contributed by atoms with van der Waals surface area (Å²) in [7, 11) is -2.08. The number of aryl methyl sites for hydroxylation is 1. The van der Waals surface area contributed by atoms with Crippen molar-refractivity contribution in [3.8, 4) is 6.01 Å². The topological polar surface area (TPSA) is 242 Å². The van der Waals surface area contributed by atoms with Crippen molar-refractivity contribution in [2.75, 3.05) is 24.5 Å². The van der Waals surface area contributed by atoms with Crippen molar-refractivity contribution in [3.05, 3.63) is 66.1 Å². The Kier molecular flexibility index (Phi) is 14.3. The minimum Gasteiger partial charge on any atom is -0.479 e. The molecule has 17 nitrogen and oxygen atoms in total. The van der Waals surface area contributed by atoms with E-state index >= 15 is 0 Å². The van der Waals surface area contributed by atoms with E-state index in [1.165, 1.54) is 57.4 Å². The number of hydrogen-bond acceptors (Lipinski definition) is 13. The quantitative estimate of drug-likeness (QED) is 0.165. The molecule has 0 radical (unpaired) electrons. The fourth-order valence-corrected chi connectivity index (χ4v) is 6.05. The van der Waals surface area contributed by atoms with Crippen LogP contribution in [0.25, 0.3) is 4.72 Å². The number of benzene rings is 2. The van der Waals surface area contributed by atoms with Gasteiger partial charge in [-0.15, -0.1) is 0 Å². The van der Waals surface area contributed by atoms with Gasteiger partial charge in [0.15, 0.2) is 17.5 Å². The zero-order valence-corrected chi connectivity index (χ0v) is 32.0. The molecule has 1 unspecified atom stereocenters. The second-order valence-corrected chi connectivity index (χ2v) is 13.0. The summed E-state index contributed by atoms with van der Waals surface area (Å²) in [6.07, 6.45) is -0.226. The third-order valence-electron chi connectivity index (χ3n) is 6.00. The zero-order valence-electron chi connectivity index (χ0n) is 25.6. The molecule has 1 atom stereocenters. The fourth-order valence-electron chi connectivity index (χ4n) is 3.79. The number of carboxylic acid groups (broad SMARTS) is 2. The van der Waals surface area contributed by atoms with Gasteiger partial charge in [-0.2, -0.15) is 15.1 Å². The molecular weight excluding hydrogens is 823 g/mol. The SMILES string of the molecule is CC1(C(=O)O)CC(C(=O)O)=NN1c1ccc(Cl)cc1Cl.COC(=O)c1ccc(I)cc1S(=O)(=O)[N-]C(=O)Nc1nc(C)nc(OC)n1.[Na+]. The summed E-state index contributed by atoms with van der Waals surface area (Å²) in [6, 6.07) is 7.15. The van der Waals surface area contributed by atoms with Gasteiger partial charge in [0.2, 0.25) is 10.0 Å². The molecule has 2 heterocycles. The van der Waals surface area contributed by atoms with Crippen LogP contribution in [0, 0.1) is 10.5 Å². The molecule has 1 aromatic heterocycles. The van der Waals surface area contributed by atoms with Gasteiger partial charge in [-0.1, -0.05) is 23.2 Å². The number of nitrogens with zero attached hydrogens (tertiary/aromatic N) is 6. The number of ether oxygens (including phenoxy) is 2. The van der Waals surface area contributed by atoms with E-state index in [4.69, 9.17) is 33.0 Å². The minimum atomic E-state index is -4.51. The fraction of sp³-hybridized carbons (Fsp3) is 0.231. The standard InChI is InChI=1S/C14H14IN5O6S.C12H10Cl2N2O4.Na/c1-7-16-12(19-14(17-7)26-3)18-13(22)20-27(23,24)10-6-8(15)4-5-9(10)11(21)25-2;1-12(11(19)20)5-8(10(17)18)15-16(12)9-3-2-6(13)4-7(9)14;/h4-6H,1-3H3,(H2,16,17,18,19,20,22);2-4H,5H2,1H3,(H,17,18)(H,19,20);/q;;+1/p-1. The van der Waals surface area contributed by atoms with Gasteiger partial charge in [0, 0.05) is 15.0 Å². The average molecular weight is 846 g/mol. The molecule has 0 aliphatic carbocycles. The molecule has 1 aliphatic heterocycles. The minimum absolute atomic E-state index is 0. The maximum atomic E-state index is 12.5. The summed E-state index contributed by atoms with van der Waals surface area (Å²) in [5, 5.41) is 26.0. The van der Waals surface area contributed by atoms with E-state index in [9.17, 15) is 32.7 Å². The molecule has 0 saturated carbocycles. The number of hydrazone groups is 1. The molecule has 2 amide bonds. The molecule has 48 heavy (non-hydrogen) atoms. The van der Waals surface area contributed by atoms with Gasteiger partial charge in [0.25, 0.3) is 0 Å². The molecule has 0 saturated heterocycles. The molecule has 0 fully saturated rings. The third kappa shape index (κ3) is 9.86. The Bertz CT molecular complexity index is 1900. The Morgan fingerprint density at radius 3 is 2.29 bits per heavy atom. The van der Waals surface area contributed by atoms with Crippen molar-refractivity contribution in [1.82, 2.24) is 15.0 Å². The Morgan fingerprint density at radius 1 is 1.06 bits per heavy atom. The van der Waals surface area contributed by atoms with Crippen LogP contribution in [-0.4, -0.2) is 83.0 Å². The largest absolute Gasteiger partial charge is 1.00 e. The van der Waals surface area contributed by atoms with E-state index < -0.39 is 44.4 Å². The van der Waals surface area contributed by atoms with E-state index in [0.717, 1.165) is 12.1 Å². The molecule has 1 aliphatic rings. The van der Waals surface area contributed by atoms with Gasteiger partial charge in [-0.25, -0.2) is 32.8 Å². The number of aliphatic carboxylic acids is 2. The number of hydrogen-bond donors (Lipinski definition) is 3. The number of urea groups is 1. The molecule has 22 heteroatoms. The maximum Gasteiger partial charge on any atom is 1.00 e. The van der Waals surface area contributed by atoms with Crippen LogP contribution in [0.5, 0.6) is 6.01 Å². The number of sulfonamides is 1. The predicted molar refractivity (Wildman–Crippen MR) is 176 cm³/mol. The van der Waals surface area contributed by atoms with Crippen LogP contribution in [0.2, 0.25) is 10.0 Å². The average Bonchev–Trinajstić information content (AvgIpc) is 3.35. The number of nitrogens with one attached hydrogen (secondary N) is 1. The molecule has 2 aromatic carbocycles. The van der Waals surface area contributed by atoms with Crippen LogP contribution in [0.3, 0.4) is 0 Å². The van der Waals surface area contributed by atoms with E-state index in [-0.39, 0.29) is 75.7 Å². The molecule has 250 valence electrons. The second kappa shape index (κ2) is 16.9. The molecule has 3 N–H and O–H groups in total. The summed E-state index contributed by atoms with van der Waals surface area (Å²) in [6.45, 7) is 2.92. The number of carbonyl (C=O) groups is 4. The van der Waals surface area contributed by atoms with Crippen molar-refractivity contribution in [2.45, 2.75) is 30.7 Å². The van der Waals surface area contributed by atoms with Crippen LogP contribution < -0.4 is 44.6 Å². The van der Waals surface area contributed by atoms with Crippen LogP contribution in [0.15, 0.2) is 46.4 Å². The molecule has 4 rings (SSSR count). The molecule has 0 spiro atoms. The van der Waals surface area contributed by atoms with Crippen LogP contribution in [0.4, 0.5) is 16.4 Å². The van der Waals surface area contributed by atoms with Crippen molar-refractivity contribution in [1.29, 1.82) is 0 Å². The number of aromatic nitrogens is 3. The van der Waals surface area contributed by atoms with Gasteiger partial charge in [-0.05, 0) is 72.8 Å². The smallest absolute Gasteiger partial charge is 0.479 e. The predicted octanol–water partition coefficient (Wildman–Crippen LogP) is 1.37. The second-order valence-electron chi connectivity index (χ2n) is 9.34. The molecular formula is C26H23Cl2IN7NaO10S. The van der Waals surface area contributed by atoms with Gasteiger partial charge in [-0.3, -0.25) is 4.79 Å². The first kappa shape index (κ1) is 40.8. The normalized spacial score (nSPS) is 15.1. The van der Waals surface area contributed by atoms with Gasteiger partial charge < -0.3 is 29.7 Å². The zero-order chi connectivity index (χ0) is 35.3. The van der Waals surface area contributed by atoms with Crippen LogP contribution in [-0.2, 0) is 24.3 Å². The summed E-state index contributed by atoms with van der Waals surface area (Å²) < 4.78 is 38.1. The first-order chi connectivity index (χ1) is 21.9. The molecule has 3 aromatic rings. The van der Waals surface area contributed by atoms with E-state index in [0.29, 0.717) is 8.59 Å². The Balaban J connectivity index is 0.000000340. The number of esters is 1. The number of amides is 2. The number of methoxy groups -OCH3 is 2. The third-order valence-corrected chi connectivity index (χ3v) is 8.51. The first-order valence-corrected chi connectivity index (χ1v) is 15.9. The van der Waals surface area contributed by atoms with E-state index in [2.05, 4.69) is 34.8 Å². The maximum absolute atomic E-state index is 12.5. The van der Waals surface area contributed by atoms with Crippen molar-refractivity contribution in [2.24, 2.45) is 5.10 Å². The summed E-state index contributed by atoms with van der Waals surface area (Å²) in [5.41, 5.74) is -1.70. The van der Waals surface area contributed by atoms with E-state index in [1.54, 1.807) is 0 Å². The number of rotatable bonds is 8. The summed E-state index contributed by atoms with van der Waals surface area (Å²) in [5.74, 6) is -3.32. The Morgan fingerprint density at radius 2 is 1.73 bits per heavy atom. The summed E-state index contributed by atoms with van der Waals surface area (Å²) >= 11 is 13.7. The van der Waals surface area contributed by atoms with Crippen LogP contribution in [0.1, 0.15) is 29.5 Å². The first-order valence-electron chi connectivity index (χ1n) is 12.6. The number of carbonyl (C=O) groups excluding carboxylic acids is 2. The van der Waals surface area contributed by atoms with Crippen molar-refractivity contribution in [3.63, 3.8) is 0 Å². The van der Waals surface area contributed by atoms with Gasteiger partial charge >= 0.3 is 53.5 Å². The van der Waals surface area contributed by atoms with Crippen LogP contribution >= 0.6 is 45.8 Å². The summed E-state index contributed by atoms with van der Waals surface area (Å²) in [4.78, 5) is 57.3. The van der Waals surface area contributed by atoms with Crippen molar-refractivity contribution >= 4 is 97.1 Å².